The van der Waals surface area contributed by atoms with Crippen LogP contribution in [0.1, 0.15) is 25.7 Å². The molecule has 1 radical (unpaired) electrons. The maximum absolute atomic E-state index is 10.4. The predicted octanol–water partition coefficient (Wildman–Crippen LogP) is 0.980. The quantitative estimate of drug-likeness (QED) is 0.565. The highest BCUT2D eigenvalue weighted by Crippen LogP contribution is 2.30. The second kappa shape index (κ2) is 2.27. The van der Waals surface area contributed by atoms with E-state index in [-0.39, 0.29) is 0 Å². The lowest BCUT2D eigenvalue weighted by atomic mass is 10.4. The van der Waals surface area contributed by atoms with Gasteiger partial charge in [-0.25, -0.2) is 0 Å². The van der Waals surface area contributed by atoms with Crippen LogP contribution in [-0.4, -0.2) is 13.0 Å². The Morgan fingerprint density at radius 3 is 1.89 bits per heavy atom. The van der Waals surface area contributed by atoms with Crippen molar-refractivity contribution < 1.29 is 13.0 Å². The summed E-state index contributed by atoms with van der Waals surface area (Å²) in [5.41, 5.74) is 0. The minimum absolute atomic E-state index is 0.308. The Bertz CT molecular complexity index is 176. The highest BCUT2D eigenvalue weighted by molar-refractivity contribution is 7.88. The highest BCUT2D eigenvalue weighted by Gasteiger charge is 2.27. The molecule has 1 rings (SSSR count). The van der Waals surface area contributed by atoms with E-state index in [1.807, 2.05) is 0 Å². The lowest BCUT2D eigenvalue weighted by molar-refractivity contribution is 0.481. The van der Waals surface area contributed by atoms with Gasteiger partial charge in [0.05, 0.1) is 0 Å². The van der Waals surface area contributed by atoms with Crippen LogP contribution < -0.4 is 0 Å². The second-order valence-corrected chi connectivity index (χ2v) is 3.75. The molecule has 0 atom stereocenters. The zero-order valence-corrected chi connectivity index (χ0v) is 5.82. The zero-order chi connectivity index (χ0) is 6.91. The standard InChI is InChI=1S/C5H9O3S/c6-9(7,8)5-3-1-2-4-5/h1-4H2,(H,6,7,8). The van der Waals surface area contributed by atoms with E-state index < -0.39 is 10.1 Å². The minimum atomic E-state index is -3.79. The molecule has 53 valence electrons. The Labute approximate surface area is 54.8 Å². The molecule has 1 aliphatic carbocycles. The molecule has 0 saturated heterocycles. The summed E-state index contributed by atoms with van der Waals surface area (Å²) in [7, 11) is -3.79. The molecule has 0 aromatic carbocycles. The van der Waals surface area contributed by atoms with Gasteiger partial charge in [0.25, 0.3) is 10.1 Å². The molecule has 0 aromatic heterocycles. The van der Waals surface area contributed by atoms with E-state index >= 15 is 0 Å². The molecule has 0 unspecified atom stereocenters. The van der Waals surface area contributed by atoms with Gasteiger partial charge in [-0.3, -0.25) is 4.55 Å². The van der Waals surface area contributed by atoms with Crippen molar-refractivity contribution >= 4 is 10.1 Å². The average Bonchev–Trinajstić information content (AvgIpc) is 2.08. The van der Waals surface area contributed by atoms with Gasteiger partial charge in [0, 0.05) is 0 Å². The van der Waals surface area contributed by atoms with Crippen LogP contribution >= 0.6 is 0 Å². The van der Waals surface area contributed by atoms with Crippen molar-refractivity contribution in [3.05, 3.63) is 5.25 Å². The van der Waals surface area contributed by atoms with Crippen molar-refractivity contribution in [2.45, 2.75) is 25.7 Å². The smallest absolute Gasteiger partial charge is 0.272 e. The topological polar surface area (TPSA) is 54.4 Å². The van der Waals surface area contributed by atoms with Crippen molar-refractivity contribution in [2.24, 2.45) is 0 Å². The van der Waals surface area contributed by atoms with Crippen LogP contribution in [-0.2, 0) is 10.1 Å². The van der Waals surface area contributed by atoms with Crippen molar-refractivity contribution in [2.75, 3.05) is 0 Å². The highest BCUT2D eigenvalue weighted by atomic mass is 32.2. The lowest BCUT2D eigenvalue weighted by Gasteiger charge is -2.00. The maximum Gasteiger partial charge on any atom is 0.272 e. The second-order valence-electron chi connectivity index (χ2n) is 2.22. The summed E-state index contributed by atoms with van der Waals surface area (Å²) in [4.78, 5) is 0. The van der Waals surface area contributed by atoms with Crippen LogP contribution in [0.2, 0.25) is 0 Å². The molecule has 1 N–H and O–H groups in total. The average molecular weight is 149 g/mol. The third-order valence-electron chi connectivity index (χ3n) is 1.53. The third-order valence-corrected chi connectivity index (χ3v) is 2.66. The Kier molecular flexibility index (Phi) is 1.77. The fraction of sp³-hybridized carbons (Fsp3) is 0.800. The summed E-state index contributed by atoms with van der Waals surface area (Å²) in [5.74, 6) is 0. The Morgan fingerprint density at radius 2 is 1.67 bits per heavy atom. The Balaban J connectivity index is 2.63. The third kappa shape index (κ3) is 1.66. The first kappa shape index (κ1) is 7.02. The SMILES string of the molecule is O=S(=O)(O)[C]1CCCC1. The molecular formula is C5H9O3S. The van der Waals surface area contributed by atoms with Gasteiger partial charge in [0.2, 0.25) is 0 Å². The van der Waals surface area contributed by atoms with E-state index in [1.165, 1.54) is 0 Å². The van der Waals surface area contributed by atoms with Crippen molar-refractivity contribution in [1.29, 1.82) is 0 Å². The van der Waals surface area contributed by atoms with Gasteiger partial charge < -0.3 is 0 Å². The van der Waals surface area contributed by atoms with Crippen LogP contribution in [0, 0.1) is 5.25 Å². The first-order chi connectivity index (χ1) is 4.11. The molecule has 4 heteroatoms. The molecule has 0 aliphatic heterocycles. The number of hydrogen-bond acceptors (Lipinski definition) is 2. The van der Waals surface area contributed by atoms with E-state index in [2.05, 4.69) is 0 Å². The fourth-order valence-electron chi connectivity index (χ4n) is 1.03. The summed E-state index contributed by atoms with van der Waals surface area (Å²) in [6.45, 7) is 0. The normalized spacial score (nSPS) is 22.8. The monoisotopic (exact) mass is 149 g/mol. The maximum atomic E-state index is 10.4. The van der Waals surface area contributed by atoms with Crippen LogP contribution in [0.4, 0.5) is 0 Å². The van der Waals surface area contributed by atoms with E-state index in [0.29, 0.717) is 18.1 Å². The van der Waals surface area contributed by atoms with Crippen molar-refractivity contribution in [1.82, 2.24) is 0 Å². The molecule has 0 bridgehead atoms. The van der Waals surface area contributed by atoms with Gasteiger partial charge in [-0.15, -0.1) is 0 Å². The number of rotatable bonds is 1. The van der Waals surface area contributed by atoms with Gasteiger partial charge in [0.1, 0.15) is 5.25 Å². The van der Waals surface area contributed by atoms with E-state index in [1.54, 1.807) is 0 Å². The Morgan fingerprint density at radius 1 is 1.22 bits per heavy atom. The van der Waals surface area contributed by atoms with E-state index in [0.717, 1.165) is 12.8 Å². The molecular weight excluding hydrogens is 140 g/mol. The summed E-state index contributed by atoms with van der Waals surface area (Å²) in [6.07, 6.45) is 2.90. The molecule has 3 nitrogen and oxygen atoms in total. The van der Waals surface area contributed by atoms with Gasteiger partial charge in [0.15, 0.2) is 0 Å². The van der Waals surface area contributed by atoms with E-state index in [4.69, 9.17) is 4.55 Å². The first-order valence-corrected chi connectivity index (χ1v) is 4.37. The lowest BCUT2D eigenvalue weighted by Crippen LogP contribution is -2.06. The van der Waals surface area contributed by atoms with Gasteiger partial charge in [-0.1, -0.05) is 12.8 Å². The summed E-state index contributed by atoms with van der Waals surface area (Å²) in [5, 5.41) is 0.308. The van der Waals surface area contributed by atoms with Gasteiger partial charge in [-0.2, -0.15) is 8.42 Å². The molecule has 0 aromatic rings. The summed E-state index contributed by atoms with van der Waals surface area (Å²) in [6, 6.07) is 0. The summed E-state index contributed by atoms with van der Waals surface area (Å²) < 4.78 is 29.2. The Hall–Kier alpha value is -0.0900. The minimum Gasteiger partial charge on any atom is -0.285 e. The van der Waals surface area contributed by atoms with Crippen LogP contribution in [0.5, 0.6) is 0 Å². The van der Waals surface area contributed by atoms with Crippen LogP contribution in [0.15, 0.2) is 0 Å². The van der Waals surface area contributed by atoms with Crippen LogP contribution in [0.3, 0.4) is 0 Å². The van der Waals surface area contributed by atoms with Crippen LogP contribution in [0.25, 0.3) is 0 Å². The van der Waals surface area contributed by atoms with E-state index in [9.17, 15) is 8.42 Å². The zero-order valence-electron chi connectivity index (χ0n) is 5.00. The fourth-order valence-corrected chi connectivity index (χ4v) is 1.83. The summed E-state index contributed by atoms with van der Waals surface area (Å²) >= 11 is 0. The molecule has 1 saturated carbocycles. The molecule has 1 fully saturated rings. The molecule has 1 aliphatic rings. The van der Waals surface area contributed by atoms with Crippen molar-refractivity contribution in [3.8, 4) is 0 Å². The molecule has 9 heavy (non-hydrogen) atoms. The largest absolute Gasteiger partial charge is 0.285 e. The van der Waals surface area contributed by atoms with Gasteiger partial charge in [-0.05, 0) is 12.8 Å². The van der Waals surface area contributed by atoms with Crippen molar-refractivity contribution in [3.63, 3.8) is 0 Å². The van der Waals surface area contributed by atoms with Gasteiger partial charge >= 0.3 is 0 Å². The molecule has 0 spiro atoms. The molecule has 0 amide bonds. The first-order valence-electron chi connectivity index (χ1n) is 2.93. The molecule has 0 heterocycles. The predicted molar refractivity (Wildman–Crippen MR) is 33.3 cm³/mol. The number of hydrogen-bond donors (Lipinski definition) is 1.